The van der Waals surface area contributed by atoms with Gasteiger partial charge in [-0.3, -0.25) is 18.4 Å². The maximum atomic E-state index is 15.3. The van der Waals surface area contributed by atoms with Crippen molar-refractivity contribution in [2.24, 2.45) is 0 Å². The first-order chi connectivity index (χ1) is 25.2. The van der Waals surface area contributed by atoms with Crippen molar-refractivity contribution in [3.8, 4) is 22.6 Å². The van der Waals surface area contributed by atoms with Gasteiger partial charge in [0, 0.05) is 56.7 Å². The summed E-state index contributed by atoms with van der Waals surface area (Å²) >= 11 is 0. The molecule has 5 heterocycles. The van der Waals surface area contributed by atoms with Gasteiger partial charge >= 0.3 is 0 Å². The zero-order chi connectivity index (χ0) is 37.6. The van der Waals surface area contributed by atoms with Crippen LogP contribution in [0.3, 0.4) is 0 Å². The average Bonchev–Trinajstić information content (AvgIpc) is 3.69. The molecule has 272 valence electrons. The van der Waals surface area contributed by atoms with E-state index in [-0.39, 0.29) is 39.6 Å². The number of hydrogen-bond donors (Lipinski definition) is 1. The van der Waals surface area contributed by atoms with Crippen LogP contribution in [-0.2, 0) is 21.3 Å². The van der Waals surface area contributed by atoms with Crippen LogP contribution in [0.15, 0.2) is 71.1 Å². The number of hydrogen-bond acceptors (Lipinski definition) is 8. The number of benzene rings is 3. The van der Waals surface area contributed by atoms with Crippen molar-refractivity contribution >= 4 is 60.0 Å². The molecule has 3 aromatic carbocycles. The second kappa shape index (κ2) is 12.3. The number of carbonyl (C=O) groups is 1. The summed E-state index contributed by atoms with van der Waals surface area (Å²) in [6.45, 7) is 5.70. The number of ether oxygens (including phenoxy) is 1. The molecule has 1 fully saturated rings. The van der Waals surface area contributed by atoms with Gasteiger partial charge in [-0.1, -0.05) is 12.1 Å². The predicted octanol–water partition coefficient (Wildman–Crippen LogP) is 6.68. The Bertz CT molecular complexity index is 2770. The van der Waals surface area contributed by atoms with Gasteiger partial charge in [-0.2, -0.15) is 0 Å². The quantitative estimate of drug-likeness (QED) is 0.183. The van der Waals surface area contributed by atoms with E-state index in [4.69, 9.17) is 19.1 Å². The number of nitrogens with zero attached hydrogens (tertiary/aromatic N) is 5. The number of furan rings is 1. The molecule has 0 unspecified atom stereocenters. The van der Waals surface area contributed by atoms with Crippen molar-refractivity contribution in [3.05, 3.63) is 95.3 Å². The summed E-state index contributed by atoms with van der Waals surface area (Å²) in [4.78, 5) is 25.7. The summed E-state index contributed by atoms with van der Waals surface area (Å²) in [6, 6.07) is 17.9. The third-order valence-corrected chi connectivity index (χ3v) is 11.3. The first-order valence-corrected chi connectivity index (χ1v) is 18.7. The van der Waals surface area contributed by atoms with E-state index in [0.29, 0.717) is 75.1 Å². The molecule has 1 amide bonds. The number of halogens is 2. The number of pyridine rings is 1. The molecular formula is C39H36F2N6O5S. The number of anilines is 1. The average molecular weight is 739 g/mol. The number of rotatable bonds is 8. The Morgan fingerprint density at radius 2 is 1.77 bits per heavy atom. The topological polar surface area (TPSA) is 122 Å². The largest absolute Gasteiger partial charge is 0.455 e. The van der Waals surface area contributed by atoms with E-state index in [9.17, 15) is 13.2 Å². The molecule has 1 aliphatic rings. The molecule has 0 bridgehead atoms. The van der Waals surface area contributed by atoms with Crippen LogP contribution in [0.25, 0.3) is 61.0 Å². The lowest BCUT2D eigenvalue weighted by atomic mass is 9.96. The fraction of sp³-hybridized carbons (Fsp3) is 0.256. The van der Waals surface area contributed by atoms with Crippen LogP contribution in [0.4, 0.5) is 14.5 Å². The third kappa shape index (κ3) is 5.68. The molecule has 0 spiro atoms. The summed E-state index contributed by atoms with van der Waals surface area (Å²) in [5.74, 6) is -0.782. The highest BCUT2D eigenvalue weighted by atomic mass is 32.2. The second-order valence-electron chi connectivity index (χ2n) is 13.9. The minimum absolute atomic E-state index is 0.00165. The van der Waals surface area contributed by atoms with Crippen molar-refractivity contribution in [2.75, 3.05) is 44.9 Å². The van der Waals surface area contributed by atoms with Crippen LogP contribution in [0.2, 0.25) is 0 Å². The van der Waals surface area contributed by atoms with Gasteiger partial charge in [0.05, 0.1) is 57.5 Å². The number of fused-ring (bicyclic) bond motifs is 6. The number of likely N-dealkylation sites (tertiary alicyclic amines) is 1. The van der Waals surface area contributed by atoms with Gasteiger partial charge in [0.1, 0.15) is 28.6 Å². The minimum Gasteiger partial charge on any atom is -0.455 e. The number of aryl methyl sites for hydroxylation is 1. The maximum absolute atomic E-state index is 15.3. The Kier molecular flexibility index (Phi) is 8.05. The molecule has 8 rings (SSSR count). The van der Waals surface area contributed by atoms with E-state index < -0.39 is 21.7 Å². The first-order valence-electron chi connectivity index (χ1n) is 16.9. The highest BCUT2D eigenvalue weighted by Crippen LogP contribution is 2.42. The molecule has 0 radical (unpaired) electrons. The van der Waals surface area contributed by atoms with Gasteiger partial charge < -0.3 is 14.5 Å². The van der Waals surface area contributed by atoms with Crippen LogP contribution >= 0.6 is 0 Å². The fourth-order valence-corrected chi connectivity index (χ4v) is 7.79. The lowest BCUT2D eigenvalue weighted by molar-refractivity contribution is -0.115. The molecule has 7 aromatic rings. The Morgan fingerprint density at radius 1 is 1.00 bits per heavy atom. The van der Waals surface area contributed by atoms with Crippen molar-refractivity contribution in [1.29, 1.82) is 0 Å². The van der Waals surface area contributed by atoms with E-state index in [1.807, 2.05) is 17.4 Å². The molecule has 53 heavy (non-hydrogen) atoms. The van der Waals surface area contributed by atoms with Gasteiger partial charge in [0.2, 0.25) is 10.0 Å². The lowest BCUT2D eigenvalue weighted by Crippen LogP contribution is -2.60. The molecule has 1 aliphatic heterocycles. The Hall–Kier alpha value is -5.44. The molecule has 0 aliphatic carbocycles. The number of nitrogens with one attached hydrogen (secondary N) is 1. The fourth-order valence-electron chi connectivity index (χ4n) is 7.28. The van der Waals surface area contributed by atoms with Gasteiger partial charge in [-0.15, -0.1) is 0 Å². The smallest absolute Gasteiger partial charge is 0.255 e. The SMILES string of the molecule is CNC(=O)c1c(-c2ccc(C)cc2F)oc2cc(N(C)S(C)(=O)=O)c(-c3ccc4nc(CN5CC(C)(OC)C5)n5c6cccc(F)c6cc5c4n3)cc12. The van der Waals surface area contributed by atoms with Crippen molar-refractivity contribution in [1.82, 2.24) is 24.6 Å². The van der Waals surface area contributed by atoms with E-state index >= 15 is 8.78 Å². The van der Waals surface area contributed by atoms with E-state index in [2.05, 4.69) is 10.2 Å². The highest BCUT2D eigenvalue weighted by molar-refractivity contribution is 7.92. The van der Waals surface area contributed by atoms with Crippen LogP contribution in [0.1, 0.15) is 28.7 Å². The molecule has 4 aromatic heterocycles. The third-order valence-electron chi connectivity index (χ3n) is 10.1. The van der Waals surface area contributed by atoms with E-state index in [1.54, 1.807) is 56.5 Å². The van der Waals surface area contributed by atoms with Crippen LogP contribution in [0, 0.1) is 18.6 Å². The summed E-state index contributed by atoms with van der Waals surface area (Å²) < 4.78 is 71.5. The lowest BCUT2D eigenvalue weighted by Gasteiger charge is -2.46. The number of methoxy groups -OCH3 is 1. The highest BCUT2D eigenvalue weighted by Gasteiger charge is 2.39. The van der Waals surface area contributed by atoms with Gasteiger partial charge in [-0.05, 0) is 67.9 Å². The van der Waals surface area contributed by atoms with E-state index in [0.717, 1.165) is 10.6 Å². The van der Waals surface area contributed by atoms with E-state index in [1.165, 1.54) is 32.3 Å². The zero-order valence-corrected chi connectivity index (χ0v) is 30.7. The predicted molar refractivity (Wildman–Crippen MR) is 201 cm³/mol. The van der Waals surface area contributed by atoms with Crippen LogP contribution in [-0.4, -0.2) is 79.7 Å². The number of carbonyl (C=O) groups excluding carboxylic acids is 1. The number of aromatic nitrogens is 3. The Balaban J connectivity index is 1.38. The monoisotopic (exact) mass is 738 g/mol. The maximum Gasteiger partial charge on any atom is 0.255 e. The number of amides is 1. The molecule has 0 saturated carbocycles. The first kappa shape index (κ1) is 34.6. The normalized spacial score (nSPS) is 14.7. The van der Waals surface area contributed by atoms with Gasteiger partial charge in [0.25, 0.3) is 5.91 Å². The summed E-state index contributed by atoms with van der Waals surface area (Å²) in [5.41, 5.74) is 3.97. The summed E-state index contributed by atoms with van der Waals surface area (Å²) in [7, 11) is 0.749. The molecule has 0 atom stereocenters. The summed E-state index contributed by atoms with van der Waals surface area (Å²) in [5, 5.41) is 3.36. The molecule has 11 nitrogen and oxygen atoms in total. The second-order valence-corrected chi connectivity index (χ2v) is 15.9. The van der Waals surface area contributed by atoms with Gasteiger partial charge in [0.15, 0.2) is 5.76 Å². The Labute approximate surface area is 303 Å². The molecular weight excluding hydrogens is 703 g/mol. The minimum atomic E-state index is -3.81. The van der Waals surface area contributed by atoms with Crippen molar-refractivity contribution in [3.63, 3.8) is 0 Å². The van der Waals surface area contributed by atoms with Crippen LogP contribution < -0.4 is 9.62 Å². The standard InChI is InChI=1S/C39H36F2N6O5S/c1-21-10-11-22(27(41)14-21)37-35(38(48)42-3)25-15-24(31(17-33(25)52-37)45(4)53(6,49)50)28-12-13-29-36(44-28)32-16-23-26(40)8-7-9-30(23)47(32)34(43-29)18-46-19-39(2,20-46)51-5/h7-17H,18-20H2,1-6H3,(H,42,48). The molecule has 1 saturated heterocycles. The van der Waals surface area contributed by atoms with Gasteiger partial charge in [-0.25, -0.2) is 27.2 Å². The zero-order valence-electron chi connectivity index (χ0n) is 29.9. The number of sulfonamides is 1. The van der Waals surface area contributed by atoms with Crippen molar-refractivity contribution in [2.45, 2.75) is 26.0 Å². The Morgan fingerprint density at radius 3 is 2.47 bits per heavy atom. The van der Waals surface area contributed by atoms with Crippen LogP contribution in [0.5, 0.6) is 0 Å². The molecule has 1 N–H and O–H groups in total. The summed E-state index contributed by atoms with van der Waals surface area (Å²) in [6.07, 6.45) is 1.07. The molecule has 14 heteroatoms. The van der Waals surface area contributed by atoms with Crippen molar-refractivity contribution < 1.29 is 31.1 Å².